The highest BCUT2D eigenvalue weighted by molar-refractivity contribution is 7.80. The number of thiocarbonyl (C=S) groups is 1. The van der Waals surface area contributed by atoms with Crippen molar-refractivity contribution >= 4 is 17.3 Å². The number of nitrogens with one attached hydrogen (secondary N) is 1. The van der Waals surface area contributed by atoms with Gasteiger partial charge in [0.05, 0.1) is 7.11 Å². The Kier molecular flexibility index (Phi) is 4.34. The summed E-state index contributed by atoms with van der Waals surface area (Å²) in [5.41, 5.74) is 1.22. The molecule has 1 aromatic carbocycles. The van der Waals surface area contributed by atoms with Crippen molar-refractivity contribution in [3.05, 3.63) is 29.8 Å². The van der Waals surface area contributed by atoms with E-state index in [1.54, 1.807) is 7.11 Å². The SMILES string of the molecule is COc1cccc(CN(C)C(=S)N[C@H]2C[C@@H]3CC[C@@H]2C3)c1. The Balaban J connectivity index is 1.54. The molecule has 0 aromatic heterocycles. The molecule has 3 rings (SSSR count). The lowest BCUT2D eigenvalue weighted by molar-refractivity contribution is 0.373. The zero-order chi connectivity index (χ0) is 14.8. The van der Waals surface area contributed by atoms with Gasteiger partial charge in [0.15, 0.2) is 5.11 Å². The summed E-state index contributed by atoms with van der Waals surface area (Å²) in [4.78, 5) is 2.12. The van der Waals surface area contributed by atoms with E-state index in [9.17, 15) is 0 Å². The first kappa shape index (κ1) is 14.6. The molecular formula is C17H24N2OS. The Hall–Kier alpha value is -1.29. The molecule has 4 heteroatoms. The second-order valence-corrected chi connectivity index (χ2v) is 6.83. The van der Waals surface area contributed by atoms with Crippen molar-refractivity contribution in [2.24, 2.45) is 11.8 Å². The molecule has 1 N–H and O–H groups in total. The van der Waals surface area contributed by atoms with Gasteiger partial charge in [0.25, 0.3) is 0 Å². The van der Waals surface area contributed by atoms with Crippen LogP contribution in [0.25, 0.3) is 0 Å². The molecule has 0 radical (unpaired) electrons. The predicted octanol–water partition coefficient (Wildman–Crippen LogP) is 3.19. The van der Waals surface area contributed by atoms with E-state index in [2.05, 4.69) is 29.4 Å². The van der Waals surface area contributed by atoms with Gasteiger partial charge in [-0.25, -0.2) is 0 Å². The molecule has 0 saturated heterocycles. The van der Waals surface area contributed by atoms with Crippen molar-refractivity contribution in [2.75, 3.05) is 14.2 Å². The normalized spacial score (nSPS) is 26.7. The molecule has 0 unspecified atom stereocenters. The number of hydrogen-bond acceptors (Lipinski definition) is 2. The van der Waals surface area contributed by atoms with Gasteiger partial charge in [-0.2, -0.15) is 0 Å². The van der Waals surface area contributed by atoms with Gasteiger partial charge in [-0.1, -0.05) is 18.6 Å². The molecule has 2 aliphatic carbocycles. The van der Waals surface area contributed by atoms with Crippen LogP contribution < -0.4 is 10.1 Å². The summed E-state index contributed by atoms with van der Waals surface area (Å²) in [6, 6.07) is 8.77. The first-order chi connectivity index (χ1) is 10.2. The van der Waals surface area contributed by atoms with Crippen LogP contribution in [0.4, 0.5) is 0 Å². The van der Waals surface area contributed by atoms with Crippen LogP contribution in [-0.4, -0.2) is 30.2 Å². The summed E-state index contributed by atoms with van der Waals surface area (Å²) in [6.07, 6.45) is 5.51. The standard InChI is InChI=1S/C17H24N2OS/c1-19(11-13-4-3-5-15(9-13)20-2)17(21)18-16-10-12-6-7-14(16)8-12/h3-5,9,12,14,16H,6-8,10-11H2,1-2H3,(H,18,21)/t12-,14-,16+/m1/s1. The minimum absolute atomic E-state index is 0.601. The summed E-state index contributed by atoms with van der Waals surface area (Å²) in [7, 11) is 3.76. The van der Waals surface area contributed by atoms with E-state index in [1.165, 1.54) is 31.2 Å². The minimum Gasteiger partial charge on any atom is -0.497 e. The lowest BCUT2D eigenvalue weighted by Gasteiger charge is -2.28. The molecule has 0 spiro atoms. The first-order valence-electron chi connectivity index (χ1n) is 7.80. The topological polar surface area (TPSA) is 24.5 Å². The van der Waals surface area contributed by atoms with Crippen LogP contribution in [0, 0.1) is 11.8 Å². The second kappa shape index (κ2) is 6.22. The smallest absolute Gasteiger partial charge is 0.169 e. The monoisotopic (exact) mass is 304 g/mol. The van der Waals surface area contributed by atoms with Gasteiger partial charge in [0.1, 0.15) is 5.75 Å². The largest absolute Gasteiger partial charge is 0.497 e. The third-order valence-corrected chi connectivity index (χ3v) is 5.38. The molecule has 0 heterocycles. The molecule has 3 atom stereocenters. The summed E-state index contributed by atoms with van der Waals surface area (Å²) in [5, 5.41) is 4.46. The molecule has 2 fully saturated rings. The average Bonchev–Trinajstić information content (AvgIpc) is 3.10. The number of benzene rings is 1. The highest BCUT2D eigenvalue weighted by atomic mass is 32.1. The van der Waals surface area contributed by atoms with Crippen molar-refractivity contribution in [2.45, 2.75) is 38.3 Å². The molecule has 21 heavy (non-hydrogen) atoms. The number of rotatable bonds is 4. The molecule has 114 valence electrons. The third kappa shape index (κ3) is 3.31. The van der Waals surface area contributed by atoms with E-state index in [0.717, 1.165) is 29.2 Å². The molecule has 0 amide bonds. The number of nitrogens with zero attached hydrogens (tertiary/aromatic N) is 1. The molecular weight excluding hydrogens is 280 g/mol. The van der Waals surface area contributed by atoms with Crippen molar-refractivity contribution in [3.8, 4) is 5.75 Å². The maximum absolute atomic E-state index is 5.57. The van der Waals surface area contributed by atoms with Crippen LogP contribution >= 0.6 is 12.2 Å². The van der Waals surface area contributed by atoms with Crippen molar-refractivity contribution in [3.63, 3.8) is 0 Å². The van der Waals surface area contributed by atoms with Gasteiger partial charge in [0, 0.05) is 19.6 Å². The summed E-state index contributed by atoms with van der Waals surface area (Å²) in [6.45, 7) is 0.809. The average molecular weight is 304 g/mol. The van der Waals surface area contributed by atoms with E-state index in [4.69, 9.17) is 17.0 Å². The lowest BCUT2D eigenvalue weighted by Crippen LogP contribution is -2.44. The van der Waals surface area contributed by atoms with E-state index < -0.39 is 0 Å². The first-order valence-corrected chi connectivity index (χ1v) is 8.21. The number of hydrogen-bond donors (Lipinski definition) is 1. The Labute approximate surface area is 132 Å². The molecule has 0 aliphatic heterocycles. The van der Waals surface area contributed by atoms with Crippen LogP contribution in [0.1, 0.15) is 31.2 Å². The fourth-order valence-corrected chi connectivity index (χ4v) is 4.02. The van der Waals surface area contributed by atoms with Gasteiger partial charge < -0.3 is 15.0 Å². The van der Waals surface area contributed by atoms with Crippen LogP contribution in [-0.2, 0) is 6.54 Å². The van der Waals surface area contributed by atoms with Crippen molar-refractivity contribution < 1.29 is 4.74 Å². The van der Waals surface area contributed by atoms with Crippen molar-refractivity contribution in [1.29, 1.82) is 0 Å². The van der Waals surface area contributed by atoms with Crippen molar-refractivity contribution in [1.82, 2.24) is 10.2 Å². The van der Waals surface area contributed by atoms with E-state index in [0.29, 0.717) is 6.04 Å². The summed E-state index contributed by atoms with van der Waals surface area (Å²) in [5.74, 6) is 2.69. The van der Waals surface area contributed by atoms with Gasteiger partial charge in [-0.3, -0.25) is 0 Å². The predicted molar refractivity (Wildman–Crippen MR) is 89.4 cm³/mol. The Morgan fingerprint density at radius 3 is 2.90 bits per heavy atom. The van der Waals surface area contributed by atoms with Crippen LogP contribution in [0.5, 0.6) is 5.75 Å². The third-order valence-electron chi connectivity index (χ3n) is 4.95. The molecule has 2 bridgehead atoms. The fraction of sp³-hybridized carbons (Fsp3) is 0.588. The van der Waals surface area contributed by atoms with Gasteiger partial charge in [-0.05, 0) is 61.0 Å². The Morgan fingerprint density at radius 2 is 2.24 bits per heavy atom. The highest BCUT2D eigenvalue weighted by Gasteiger charge is 2.39. The van der Waals surface area contributed by atoms with Crippen LogP contribution in [0.3, 0.4) is 0 Å². The minimum atomic E-state index is 0.601. The highest BCUT2D eigenvalue weighted by Crippen LogP contribution is 2.44. The van der Waals surface area contributed by atoms with E-state index >= 15 is 0 Å². The van der Waals surface area contributed by atoms with Gasteiger partial charge in [-0.15, -0.1) is 0 Å². The maximum atomic E-state index is 5.57. The zero-order valence-electron chi connectivity index (χ0n) is 12.8. The fourth-order valence-electron chi connectivity index (χ4n) is 3.81. The Morgan fingerprint density at radius 1 is 1.38 bits per heavy atom. The summed E-state index contributed by atoms with van der Waals surface area (Å²) >= 11 is 5.57. The number of methoxy groups -OCH3 is 1. The van der Waals surface area contributed by atoms with Gasteiger partial charge in [0.2, 0.25) is 0 Å². The number of ether oxygens (including phenoxy) is 1. The zero-order valence-corrected chi connectivity index (χ0v) is 13.7. The van der Waals surface area contributed by atoms with E-state index in [1.807, 2.05) is 12.1 Å². The maximum Gasteiger partial charge on any atom is 0.169 e. The van der Waals surface area contributed by atoms with Gasteiger partial charge >= 0.3 is 0 Å². The second-order valence-electron chi connectivity index (χ2n) is 6.44. The molecule has 1 aromatic rings. The molecule has 3 nitrogen and oxygen atoms in total. The van der Waals surface area contributed by atoms with Crippen LogP contribution in [0.15, 0.2) is 24.3 Å². The lowest BCUT2D eigenvalue weighted by atomic mass is 9.95. The molecule has 2 saturated carbocycles. The quantitative estimate of drug-likeness (QED) is 0.864. The number of fused-ring (bicyclic) bond motifs is 2. The van der Waals surface area contributed by atoms with Crippen LogP contribution in [0.2, 0.25) is 0 Å². The Bertz CT molecular complexity index is 519. The van der Waals surface area contributed by atoms with E-state index in [-0.39, 0.29) is 0 Å². The molecule has 2 aliphatic rings. The summed E-state index contributed by atoms with van der Waals surface area (Å²) < 4.78 is 5.27.